The summed E-state index contributed by atoms with van der Waals surface area (Å²) in [4.78, 5) is 47.3. The first-order valence-corrected chi connectivity index (χ1v) is 12.5. The van der Waals surface area contributed by atoms with Gasteiger partial charge in [-0.3, -0.25) is 0 Å². The Bertz CT molecular complexity index is 612. The van der Waals surface area contributed by atoms with E-state index in [9.17, 15) is 19.2 Å². The Morgan fingerprint density at radius 2 is 0.971 bits per heavy atom. The van der Waals surface area contributed by atoms with Gasteiger partial charge >= 0.3 is 24.2 Å². The topological polar surface area (TPSA) is 133 Å². The maximum absolute atomic E-state index is 12.0. The maximum atomic E-state index is 12.0. The van der Waals surface area contributed by atoms with E-state index < -0.39 is 36.5 Å². The van der Waals surface area contributed by atoms with Gasteiger partial charge < -0.3 is 33.2 Å². The Hall–Kier alpha value is -2.56. The van der Waals surface area contributed by atoms with Crippen LogP contribution in [0.2, 0.25) is 0 Å². The first-order valence-electron chi connectivity index (χ1n) is 12.5. The van der Waals surface area contributed by atoms with E-state index in [1.165, 1.54) is 13.8 Å². The van der Waals surface area contributed by atoms with Gasteiger partial charge in [0.2, 0.25) is 0 Å². The van der Waals surface area contributed by atoms with Crippen LogP contribution in [0.3, 0.4) is 0 Å². The summed E-state index contributed by atoms with van der Waals surface area (Å²) in [5.41, 5.74) is 0. The molecule has 0 heterocycles. The lowest BCUT2D eigenvalue weighted by Crippen LogP contribution is -2.31. The van der Waals surface area contributed by atoms with Crippen molar-refractivity contribution in [2.75, 3.05) is 26.4 Å². The number of hydrogen-bond acceptors (Lipinski definition) is 11. The summed E-state index contributed by atoms with van der Waals surface area (Å²) in [7, 11) is 0. The van der Waals surface area contributed by atoms with Gasteiger partial charge in [0.05, 0.1) is 13.2 Å². The summed E-state index contributed by atoms with van der Waals surface area (Å²) >= 11 is 0. The number of rotatable bonds is 12. The Morgan fingerprint density at radius 1 is 0.600 bits per heavy atom. The summed E-state index contributed by atoms with van der Waals surface area (Å²) in [6.45, 7) is 2.68. The third-order valence-electron chi connectivity index (χ3n) is 5.78. The lowest BCUT2D eigenvalue weighted by Gasteiger charge is -2.23. The largest absolute Gasteiger partial charge is 0.509 e. The van der Waals surface area contributed by atoms with Crippen LogP contribution in [-0.4, -0.2) is 75.1 Å². The van der Waals surface area contributed by atoms with Crippen LogP contribution in [0.15, 0.2) is 0 Å². The number of esters is 2. The molecule has 2 rings (SSSR count). The molecule has 200 valence electrons. The van der Waals surface area contributed by atoms with Crippen molar-refractivity contribution in [2.45, 2.75) is 102 Å². The molecule has 0 N–H and O–H groups in total. The molecule has 0 aromatic carbocycles. The van der Waals surface area contributed by atoms with Crippen LogP contribution in [0.4, 0.5) is 9.59 Å². The zero-order valence-electron chi connectivity index (χ0n) is 20.7. The SMILES string of the molecule is C[C@H](OC(=O)OCCOCCOC(=O)O[C@H](C)C(=O)OC1CCCCC1)C(=O)OC1CCCCC1. The van der Waals surface area contributed by atoms with Crippen molar-refractivity contribution in [3.05, 3.63) is 0 Å². The smallest absolute Gasteiger partial charge is 0.460 e. The van der Waals surface area contributed by atoms with Crippen molar-refractivity contribution in [1.29, 1.82) is 0 Å². The summed E-state index contributed by atoms with van der Waals surface area (Å²) in [6.07, 6.45) is 5.31. The van der Waals surface area contributed by atoms with Crippen molar-refractivity contribution in [2.24, 2.45) is 0 Å². The monoisotopic (exact) mass is 502 g/mol. The first kappa shape index (κ1) is 28.7. The van der Waals surface area contributed by atoms with Gasteiger partial charge in [0.25, 0.3) is 0 Å². The molecule has 11 nitrogen and oxygen atoms in total. The highest BCUT2D eigenvalue weighted by Gasteiger charge is 2.26. The van der Waals surface area contributed by atoms with Crippen molar-refractivity contribution in [1.82, 2.24) is 0 Å². The Morgan fingerprint density at radius 3 is 1.34 bits per heavy atom. The minimum Gasteiger partial charge on any atom is -0.460 e. The second-order valence-corrected chi connectivity index (χ2v) is 8.72. The molecule has 0 radical (unpaired) electrons. The van der Waals surface area contributed by atoms with Crippen molar-refractivity contribution in [3.8, 4) is 0 Å². The summed E-state index contributed by atoms with van der Waals surface area (Å²) in [5, 5.41) is 0. The zero-order chi connectivity index (χ0) is 25.5. The van der Waals surface area contributed by atoms with E-state index in [0.717, 1.165) is 64.2 Å². The molecule has 2 aliphatic carbocycles. The third-order valence-corrected chi connectivity index (χ3v) is 5.78. The van der Waals surface area contributed by atoms with Crippen LogP contribution >= 0.6 is 0 Å². The number of hydrogen-bond donors (Lipinski definition) is 0. The van der Waals surface area contributed by atoms with Crippen molar-refractivity contribution >= 4 is 24.2 Å². The van der Waals surface area contributed by atoms with E-state index in [-0.39, 0.29) is 38.6 Å². The number of carbonyl (C=O) groups is 4. The lowest BCUT2D eigenvalue weighted by molar-refractivity contribution is -0.161. The van der Waals surface area contributed by atoms with E-state index in [2.05, 4.69) is 0 Å². The van der Waals surface area contributed by atoms with Crippen molar-refractivity contribution < 1.29 is 52.3 Å². The minimum absolute atomic E-state index is 0.0263. The average molecular weight is 503 g/mol. The molecule has 0 amide bonds. The highest BCUT2D eigenvalue weighted by molar-refractivity contribution is 5.77. The van der Waals surface area contributed by atoms with Crippen LogP contribution in [0.25, 0.3) is 0 Å². The fourth-order valence-electron chi connectivity index (χ4n) is 3.81. The van der Waals surface area contributed by atoms with Gasteiger partial charge in [-0.05, 0) is 65.2 Å². The van der Waals surface area contributed by atoms with Gasteiger partial charge in [-0.15, -0.1) is 0 Å². The molecule has 0 aromatic rings. The Kier molecular flexibility index (Phi) is 13.3. The molecular weight excluding hydrogens is 464 g/mol. The fourth-order valence-corrected chi connectivity index (χ4v) is 3.81. The summed E-state index contributed by atoms with van der Waals surface area (Å²) in [6, 6.07) is 0. The molecule has 0 saturated heterocycles. The fraction of sp³-hybridized carbons (Fsp3) is 0.833. The molecular formula is C24H38O11. The van der Waals surface area contributed by atoms with Crippen LogP contribution < -0.4 is 0 Å². The molecule has 0 aromatic heterocycles. The lowest BCUT2D eigenvalue weighted by atomic mass is 9.98. The molecule has 2 fully saturated rings. The molecule has 2 aliphatic rings. The number of ether oxygens (including phenoxy) is 7. The summed E-state index contributed by atoms with van der Waals surface area (Å²) in [5.74, 6) is -1.18. The highest BCUT2D eigenvalue weighted by atomic mass is 16.7. The average Bonchev–Trinajstić information content (AvgIpc) is 2.84. The molecule has 0 aliphatic heterocycles. The molecule has 11 heteroatoms. The third kappa shape index (κ3) is 12.1. The predicted octanol–water partition coefficient (Wildman–Crippen LogP) is 3.84. The number of carbonyl (C=O) groups excluding carboxylic acids is 4. The van der Waals surface area contributed by atoms with E-state index >= 15 is 0 Å². The van der Waals surface area contributed by atoms with Crippen LogP contribution in [-0.2, 0) is 42.7 Å². The van der Waals surface area contributed by atoms with E-state index in [0.29, 0.717) is 0 Å². The quantitative estimate of drug-likeness (QED) is 0.219. The van der Waals surface area contributed by atoms with Crippen LogP contribution in [0, 0.1) is 0 Å². The summed E-state index contributed by atoms with van der Waals surface area (Å²) < 4.78 is 35.4. The van der Waals surface area contributed by atoms with E-state index in [1.54, 1.807) is 0 Å². The van der Waals surface area contributed by atoms with Crippen molar-refractivity contribution in [3.63, 3.8) is 0 Å². The van der Waals surface area contributed by atoms with Gasteiger partial charge in [0.15, 0.2) is 12.2 Å². The van der Waals surface area contributed by atoms with Crippen LogP contribution in [0.5, 0.6) is 0 Å². The second-order valence-electron chi connectivity index (χ2n) is 8.72. The van der Waals surface area contributed by atoms with E-state index in [4.69, 9.17) is 33.2 Å². The van der Waals surface area contributed by atoms with E-state index in [1.807, 2.05) is 0 Å². The molecule has 2 saturated carbocycles. The van der Waals surface area contributed by atoms with Gasteiger partial charge in [-0.1, -0.05) is 12.8 Å². The molecule has 2 atom stereocenters. The first-order chi connectivity index (χ1) is 16.8. The predicted molar refractivity (Wildman–Crippen MR) is 121 cm³/mol. The van der Waals surface area contributed by atoms with Gasteiger partial charge in [0, 0.05) is 0 Å². The van der Waals surface area contributed by atoms with Gasteiger partial charge in [0.1, 0.15) is 25.4 Å². The molecule has 0 unspecified atom stereocenters. The Labute approximate surface area is 206 Å². The van der Waals surface area contributed by atoms with Gasteiger partial charge in [-0.2, -0.15) is 0 Å². The van der Waals surface area contributed by atoms with Gasteiger partial charge in [-0.25, -0.2) is 19.2 Å². The Balaban J connectivity index is 1.45. The molecule has 35 heavy (non-hydrogen) atoms. The standard InChI is InChI=1S/C24H38O11/c1-17(21(25)34-19-9-5-3-6-10-19)32-23(27)30-15-13-29-14-16-31-24(28)33-18(2)22(26)35-20-11-7-4-8-12-20/h17-20H,3-16H2,1-2H3/t17-,18+. The maximum Gasteiger partial charge on any atom is 0.509 e. The molecule has 0 spiro atoms. The highest BCUT2D eigenvalue weighted by Crippen LogP contribution is 2.22. The molecule has 0 bridgehead atoms. The minimum atomic E-state index is -1.06. The second kappa shape index (κ2) is 16.2. The zero-order valence-corrected chi connectivity index (χ0v) is 20.7. The normalized spacial score (nSPS) is 18.6. The van der Waals surface area contributed by atoms with Crippen LogP contribution in [0.1, 0.15) is 78.1 Å².